The molecule has 2 aromatic heterocycles. The van der Waals surface area contributed by atoms with E-state index in [-0.39, 0.29) is 44.3 Å². The average Bonchev–Trinajstić information content (AvgIpc) is 3.53. The van der Waals surface area contributed by atoms with Gasteiger partial charge in [0.15, 0.2) is 11.6 Å². The van der Waals surface area contributed by atoms with E-state index in [1.165, 1.54) is 11.1 Å². The standard InChI is InChI=1S/C31H43N5O2/c1-26(2)10-12-31(25-33-35-36-34-25)13-11-30(7)23(19(31)16-26)20(37)14-22-28(5)15-18-17-32-38-24(18)27(3,4)21(28)8-9-29(22,30)6/h14,17,19,21,23H,8-13,15-16H2,1-7H3,(H,33,34,35,36)/t19-,21-,23-,28-,29+,30+,31-/m0/s1. The van der Waals surface area contributed by atoms with Gasteiger partial charge in [-0.15, -0.1) is 10.2 Å². The third-order valence-corrected chi connectivity index (χ3v) is 13.1. The number of carbonyl (C=O) groups excluding carboxylic acids is 1. The van der Waals surface area contributed by atoms with Gasteiger partial charge >= 0.3 is 0 Å². The first-order valence-electron chi connectivity index (χ1n) is 14.7. The molecule has 3 saturated carbocycles. The van der Waals surface area contributed by atoms with Crippen LogP contribution in [0.25, 0.3) is 0 Å². The van der Waals surface area contributed by atoms with Gasteiger partial charge in [-0.25, -0.2) is 0 Å². The van der Waals surface area contributed by atoms with Gasteiger partial charge in [0.1, 0.15) is 5.76 Å². The van der Waals surface area contributed by atoms with Crippen molar-refractivity contribution < 1.29 is 9.32 Å². The minimum absolute atomic E-state index is 0.0222. The quantitative estimate of drug-likeness (QED) is 0.488. The molecule has 0 radical (unpaired) electrons. The van der Waals surface area contributed by atoms with Crippen LogP contribution in [0.5, 0.6) is 0 Å². The third-order valence-electron chi connectivity index (χ3n) is 13.1. The maximum atomic E-state index is 14.6. The highest BCUT2D eigenvalue weighted by atomic mass is 16.5. The minimum atomic E-state index is -0.171. The van der Waals surface area contributed by atoms with Crippen molar-refractivity contribution in [1.29, 1.82) is 0 Å². The van der Waals surface area contributed by atoms with Crippen LogP contribution in [0.1, 0.15) is 111 Å². The summed E-state index contributed by atoms with van der Waals surface area (Å²) in [6.07, 6.45) is 12.4. The van der Waals surface area contributed by atoms with Crippen molar-refractivity contribution in [3.63, 3.8) is 0 Å². The summed E-state index contributed by atoms with van der Waals surface area (Å²) in [6, 6.07) is 0. The zero-order chi connectivity index (χ0) is 26.9. The van der Waals surface area contributed by atoms with Crippen molar-refractivity contribution in [3.05, 3.63) is 35.0 Å². The van der Waals surface area contributed by atoms with Crippen LogP contribution in [0.4, 0.5) is 0 Å². The molecule has 0 aromatic carbocycles. The van der Waals surface area contributed by atoms with Gasteiger partial charge < -0.3 is 4.52 Å². The third kappa shape index (κ3) is 2.79. The maximum absolute atomic E-state index is 14.6. The Morgan fingerprint density at radius 1 is 1.00 bits per heavy atom. The molecular formula is C31H43N5O2. The number of hydrogen-bond acceptors (Lipinski definition) is 6. The van der Waals surface area contributed by atoms with Gasteiger partial charge in [-0.1, -0.05) is 64.4 Å². The molecule has 7 nitrogen and oxygen atoms in total. The van der Waals surface area contributed by atoms with Gasteiger partial charge in [-0.05, 0) is 90.9 Å². The number of fused-ring (bicyclic) bond motifs is 8. The summed E-state index contributed by atoms with van der Waals surface area (Å²) in [4.78, 5) is 14.6. The van der Waals surface area contributed by atoms with Crippen LogP contribution in [0, 0.1) is 39.4 Å². The maximum Gasteiger partial charge on any atom is 0.180 e. The first-order valence-corrected chi connectivity index (χ1v) is 14.7. The molecule has 0 bridgehead atoms. The number of carbonyl (C=O) groups is 1. The lowest BCUT2D eigenvalue weighted by atomic mass is 9.34. The number of allylic oxidation sites excluding steroid dienone is 2. The largest absolute Gasteiger partial charge is 0.361 e. The van der Waals surface area contributed by atoms with Crippen molar-refractivity contribution in [2.75, 3.05) is 0 Å². The first kappa shape index (κ1) is 24.7. The average molecular weight is 518 g/mol. The van der Waals surface area contributed by atoms with Crippen molar-refractivity contribution in [2.45, 2.75) is 111 Å². The molecule has 0 aliphatic heterocycles. The molecule has 2 heterocycles. The predicted molar refractivity (Wildman–Crippen MR) is 143 cm³/mol. The number of ketones is 1. The van der Waals surface area contributed by atoms with Crippen LogP contribution in [0.15, 0.2) is 22.4 Å². The van der Waals surface area contributed by atoms with E-state index in [9.17, 15) is 4.79 Å². The van der Waals surface area contributed by atoms with E-state index in [0.29, 0.717) is 11.7 Å². The smallest absolute Gasteiger partial charge is 0.180 e. The Morgan fingerprint density at radius 2 is 1.76 bits per heavy atom. The number of nitrogens with zero attached hydrogens (tertiary/aromatic N) is 4. The molecule has 0 spiro atoms. The Hall–Kier alpha value is -2.31. The van der Waals surface area contributed by atoms with Gasteiger partial charge in [-0.3, -0.25) is 4.79 Å². The Bertz CT molecular complexity index is 1340. The van der Waals surface area contributed by atoms with E-state index in [2.05, 4.69) is 80.3 Å². The highest BCUT2D eigenvalue weighted by Crippen LogP contribution is 2.74. The zero-order valence-corrected chi connectivity index (χ0v) is 24.1. The Balaban J connectivity index is 1.39. The van der Waals surface area contributed by atoms with Crippen LogP contribution >= 0.6 is 0 Å². The molecule has 1 N–H and O–H groups in total. The van der Waals surface area contributed by atoms with Crippen LogP contribution in [0.3, 0.4) is 0 Å². The molecule has 2 aromatic rings. The Labute approximate surface area is 226 Å². The SMILES string of the molecule is CC1(C)CC[C@]2(c3nn[nH]n3)CC[C@]3(C)[C@H](C(=O)C=C4[C@@]5(C)Cc6cnoc6C(C)(C)[C@@H]5CC[C@]43C)[C@@H]2C1. The lowest BCUT2D eigenvalue weighted by Crippen LogP contribution is -2.66. The summed E-state index contributed by atoms with van der Waals surface area (Å²) in [7, 11) is 0. The van der Waals surface area contributed by atoms with Gasteiger partial charge in [0, 0.05) is 22.3 Å². The first-order chi connectivity index (χ1) is 17.8. The summed E-state index contributed by atoms with van der Waals surface area (Å²) in [5, 5.41) is 20.0. The van der Waals surface area contributed by atoms with E-state index < -0.39 is 0 Å². The molecule has 0 saturated heterocycles. The highest BCUT2D eigenvalue weighted by molar-refractivity contribution is 5.95. The number of tetrazole rings is 1. The molecule has 38 heavy (non-hydrogen) atoms. The van der Waals surface area contributed by atoms with Crippen molar-refractivity contribution in [3.8, 4) is 0 Å². The van der Waals surface area contributed by atoms with Crippen LogP contribution in [0.2, 0.25) is 0 Å². The second-order valence-electron chi connectivity index (χ2n) is 15.6. The molecule has 7 atom stereocenters. The Morgan fingerprint density at radius 3 is 2.50 bits per heavy atom. The van der Waals surface area contributed by atoms with E-state index >= 15 is 0 Å². The molecular weight excluding hydrogens is 474 g/mol. The number of hydrogen-bond donors (Lipinski definition) is 1. The van der Waals surface area contributed by atoms with Crippen LogP contribution < -0.4 is 0 Å². The van der Waals surface area contributed by atoms with Crippen molar-refractivity contribution in [1.82, 2.24) is 25.8 Å². The number of rotatable bonds is 1. The fourth-order valence-electron chi connectivity index (χ4n) is 11.1. The summed E-state index contributed by atoms with van der Waals surface area (Å²) >= 11 is 0. The van der Waals surface area contributed by atoms with E-state index in [4.69, 9.17) is 4.52 Å². The van der Waals surface area contributed by atoms with E-state index in [1.807, 2.05) is 6.20 Å². The number of nitrogens with one attached hydrogen (secondary N) is 1. The number of H-pyrrole nitrogens is 1. The highest BCUT2D eigenvalue weighted by Gasteiger charge is 2.70. The summed E-state index contributed by atoms with van der Waals surface area (Å²) < 4.78 is 5.82. The van der Waals surface area contributed by atoms with Gasteiger partial charge in [0.2, 0.25) is 0 Å². The molecule has 7 rings (SSSR count). The van der Waals surface area contributed by atoms with Crippen molar-refractivity contribution in [2.24, 2.45) is 39.4 Å². The van der Waals surface area contributed by atoms with E-state index in [0.717, 1.165) is 63.0 Å². The summed E-state index contributed by atoms with van der Waals surface area (Å²) in [5.41, 5.74) is 2.29. The predicted octanol–water partition coefficient (Wildman–Crippen LogP) is 6.13. The number of aromatic amines is 1. The normalized spacial score (nSPS) is 44.7. The minimum Gasteiger partial charge on any atom is -0.361 e. The molecule has 3 fully saturated rings. The number of aromatic nitrogens is 5. The molecule has 204 valence electrons. The molecule has 5 aliphatic carbocycles. The molecule has 5 aliphatic rings. The van der Waals surface area contributed by atoms with Gasteiger partial charge in [-0.2, -0.15) is 5.21 Å². The van der Waals surface area contributed by atoms with Crippen LogP contribution in [-0.2, 0) is 22.0 Å². The fraction of sp³-hybridized carbons (Fsp3) is 0.774. The molecule has 0 unspecified atom stereocenters. The van der Waals surface area contributed by atoms with E-state index in [1.54, 1.807) is 0 Å². The molecule has 0 amide bonds. The van der Waals surface area contributed by atoms with Gasteiger partial charge in [0.05, 0.1) is 6.20 Å². The topological polar surface area (TPSA) is 97.6 Å². The second kappa shape index (κ2) is 7.25. The summed E-state index contributed by atoms with van der Waals surface area (Å²) in [5.74, 6) is 2.83. The van der Waals surface area contributed by atoms with Crippen molar-refractivity contribution >= 4 is 5.78 Å². The Kier molecular flexibility index (Phi) is 4.72. The lowest BCUT2D eigenvalue weighted by Gasteiger charge is -2.69. The molecule has 7 heteroatoms. The summed E-state index contributed by atoms with van der Waals surface area (Å²) in [6.45, 7) is 16.8. The fourth-order valence-corrected chi connectivity index (χ4v) is 11.1. The van der Waals surface area contributed by atoms with Crippen LogP contribution in [-0.4, -0.2) is 31.6 Å². The second-order valence-corrected chi connectivity index (χ2v) is 15.6. The monoisotopic (exact) mass is 517 g/mol. The van der Waals surface area contributed by atoms with Gasteiger partial charge in [0.25, 0.3) is 0 Å². The zero-order valence-electron chi connectivity index (χ0n) is 24.1. The lowest BCUT2D eigenvalue weighted by molar-refractivity contribution is -0.160.